The highest BCUT2D eigenvalue weighted by Crippen LogP contribution is 2.40. The van der Waals surface area contributed by atoms with Crippen molar-refractivity contribution in [1.82, 2.24) is 14.6 Å². The number of aromatic nitrogens is 3. The highest BCUT2D eigenvalue weighted by atomic mass is 35.5. The van der Waals surface area contributed by atoms with Gasteiger partial charge in [0.1, 0.15) is 5.52 Å². The summed E-state index contributed by atoms with van der Waals surface area (Å²) in [6.07, 6.45) is 5.89. The minimum Gasteiger partial charge on any atom is -0.362 e. The Bertz CT molecular complexity index is 571. The zero-order valence-electron chi connectivity index (χ0n) is 10.7. The van der Waals surface area contributed by atoms with Crippen LogP contribution in [-0.2, 0) is 0 Å². The Morgan fingerprint density at radius 1 is 1.50 bits per heavy atom. The smallest absolute Gasteiger partial charge is 0.152 e. The van der Waals surface area contributed by atoms with E-state index < -0.39 is 0 Å². The lowest BCUT2D eigenvalue weighted by atomic mass is 10.1. The molecule has 5 heteroatoms. The molecule has 1 saturated carbocycles. The van der Waals surface area contributed by atoms with Crippen LogP contribution in [0.25, 0.3) is 5.52 Å². The highest BCUT2D eigenvalue weighted by Gasteiger charge is 2.42. The topological polar surface area (TPSA) is 42.2 Å². The van der Waals surface area contributed by atoms with E-state index in [0.29, 0.717) is 11.8 Å². The van der Waals surface area contributed by atoms with Gasteiger partial charge in [0.25, 0.3) is 0 Å². The largest absolute Gasteiger partial charge is 0.362 e. The standard InChI is InChI=1S/C13H17ClN4/c1-9(2)10-7-11-12(15-5-6-18(11)17-10)16-13(8-14)3-4-13/h5-7,9H,3-4,8H2,1-2H3,(H,15,16). The van der Waals surface area contributed by atoms with E-state index in [0.717, 1.165) is 29.9 Å². The van der Waals surface area contributed by atoms with Gasteiger partial charge in [-0.25, -0.2) is 9.50 Å². The van der Waals surface area contributed by atoms with Gasteiger partial charge in [-0.2, -0.15) is 5.10 Å². The first kappa shape index (κ1) is 11.8. The third kappa shape index (κ3) is 1.94. The van der Waals surface area contributed by atoms with Gasteiger partial charge in [0, 0.05) is 18.3 Å². The van der Waals surface area contributed by atoms with Gasteiger partial charge in [-0.3, -0.25) is 0 Å². The molecule has 3 rings (SSSR count). The summed E-state index contributed by atoms with van der Waals surface area (Å²) in [6.45, 7) is 4.28. The summed E-state index contributed by atoms with van der Waals surface area (Å²) in [5, 5.41) is 8.02. The minimum atomic E-state index is 0.0542. The summed E-state index contributed by atoms with van der Waals surface area (Å²) >= 11 is 6.00. The van der Waals surface area contributed by atoms with Gasteiger partial charge in [-0.05, 0) is 24.8 Å². The molecule has 0 spiro atoms. The number of nitrogens with zero attached hydrogens (tertiary/aromatic N) is 3. The fourth-order valence-corrected chi connectivity index (χ4v) is 2.35. The molecule has 1 aliphatic rings. The molecule has 2 aromatic rings. The Balaban J connectivity index is 2.01. The van der Waals surface area contributed by atoms with Crippen molar-refractivity contribution in [3.63, 3.8) is 0 Å². The number of alkyl halides is 1. The van der Waals surface area contributed by atoms with Crippen LogP contribution in [0, 0.1) is 0 Å². The number of hydrogen-bond acceptors (Lipinski definition) is 3. The van der Waals surface area contributed by atoms with E-state index in [1.807, 2.05) is 10.7 Å². The number of nitrogens with one attached hydrogen (secondary N) is 1. The molecule has 96 valence electrons. The van der Waals surface area contributed by atoms with Gasteiger partial charge >= 0.3 is 0 Å². The van der Waals surface area contributed by atoms with Crippen molar-refractivity contribution in [2.24, 2.45) is 0 Å². The predicted octanol–water partition coefficient (Wildman–Crippen LogP) is 3.04. The van der Waals surface area contributed by atoms with E-state index >= 15 is 0 Å². The second-order valence-electron chi connectivity index (χ2n) is 5.37. The van der Waals surface area contributed by atoms with Crippen LogP contribution in [0.4, 0.5) is 5.82 Å². The van der Waals surface area contributed by atoms with Gasteiger partial charge in [0.2, 0.25) is 0 Å². The molecule has 0 aromatic carbocycles. The molecule has 18 heavy (non-hydrogen) atoms. The van der Waals surface area contributed by atoms with Crippen LogP contribution >= 0.6 is 11.6 Å². The number of anilines is 1. The summed E-state index contributed by atoms with van der Waals surface area (Å²) in [5.74, 6) is 1.93. The molecule has 0 unspecified atom stereocenters. The second-order valence-corrected chi connectivity index (χ2v) is 5.64. The monoisotopic (exact) mass is 264 g/mol. The van der Waals surface area contributed by atoms with E-state index in [4.69, 9.17) is 11.6 Å². The van der Waals surface area contributed by atoms with E-state index in [2.05, 4.69) is 35.3 Å². The molecule has 1 fully saturated rings. The third-order valence-electron chi connectivity index (χ3n) is 3.49. The number of halogens is 1. The molecule has 0 radical (unpaired) electrons. The Morgan fingerprint density at radius 3 is 2.89 bits per heavy atom. The van der Waals surface area contributed by atoms with Crippen molar-refractivity contribution < 1.29 is 0 Å². The van der Waals surface area contributed by atoms with Crippen molar-refractivity contribution in [1.29, 1.82) is 0 Å². The zero-order valence-corrected chi connectivity index (χ0v) is 11.4. The van der Waals surface area contributed by atoms with Gasteiger partial charge in [-0.1, -0.05) is 13.8 Å². The van der Waals surface area contributed by atoms with E-state index in [9.17, 15) is 0 Å². The SMILES string of the molecule is CC(C)c1cc2c(NC3(CCl)CC3)nccn2n1. The van der Waals surface area contributed by atoms with Gasteiger partial charge in [0.05, 0.1) is 11.2 Å². The van der Waals surface area contributed by atoms with Crippen molar-refractivity contribution >= 4 is 22.9 Å². The van der Waals surface area contributed by atoms with Crippen molar-refractivity contribution in [3.8, 4) is 0 Å². The first-order chi connectivity index (χ1) is 8.63. The summed E-state index contributed by atoms with van der Waals surface area (Å²) < 4.78 is 1.88. The van der Waals surface area contributed by atoms with E-state index in [-0.39, 0.29) is 5.54 Å². The first-order valence-corrected chi connectivity index (χ1v) is 6.85. The number of hydrogen-bond donors (Lipinski definition) is 1. The van der Waals surface area contributed by atoms with Crippen LogP contribution in [0.2, 0.25) is 0 Å². The van der Waals surface area contributed by atoms with Crippen LogP contribution < -0.4 is 5.32 Å². The van der Waals surface area contributed by atoms with Gasteiger partial charge in [-0.15, -0.1) is 11.6 Å². The minimum absolute atomic E-state index is 0.0542. The summed E-state index contributed by atoms with van der Waals surface area (Å²) in [7, 11) is 0. The molecule has 0 atom stereocenters. The average Bonchev–Trinajstić information content (AvgIpc) is 2.98. The molecule has 1 aliphatic carbocycles. The summed E-state index contributed by atoms with van der Waals surface area (Å²) in [4.78, 5) is 4.42. The molecule has 2 heterocycles. The Morgan fingerprint density at radius 2 is 2.28 bits per heavy atom. The van der Waals surface area contributed by atoms with Gasteiger partial charge in [0.15, 0.2) is 5.82 Å². The maximum absolute atomic E-state index is 6.00. The quantitative estimate of drug-likeness (QED) is 0.863. The molecular weight excluding hydrogens is 248 g/mol. The molecular formula is C13H17ClN4. The second kappa shape index (κ2) is 4.12. The lowest BCUT2D eigenvalue weighted by Crippen LogP contribution is -2.24. The molecule has 0 saturated heterocycles. The van der Waals surface area contributed by atoms with Crippen LogP contribution in [0.3, 0.4) is 0 Å². The Kier molecular flexibility index (Phi) is 2.70. The molecule has 0 amide bonds. The van der Waals surface area contributed by atoms with Crippen molar-refractivity contribution in [3.05, 3.63) is 24.2 Å². The lowest BCUT2D eigenvalue weighted by molar-refractivity contribution is 0.784. The maximum atomic E-state index is 6.00. The zero-order chi connectivity index (χ0) is 12.8. The summed E-state index contributed by atoms with van der Waals surface area (Å²) in [6, 6.07) is 2.10. The highest BCUT2D eigenvalue weighted by molar-refractivity contribution is 6.19. The molecule has 4 nitrogen and oxygen atoms in total. The lowest BCUT2D eigenvalue weighted by Gasteiger charge is -2.14. The van der Waals surface area contributed by atoms with E-state index in [1.165, 1.54) is 0 Å². The van der Waals surface area contributed by atoms with Crippen LogP contribution in [-0.4, -0.2) is 26.0 Å². The van der Waals surface area contributed by atoms with E-state index in [1.54, 1.807) is 6.20 Å². The Hall–Kier alpha value is -1.29. The van der Waals surface area contributed by atoms with Gasteiger partial charge < -0.3 is 5.32 Å². The maximum Gasteiger partial charge on any atom is 0.152 e. The predicted molar refractivity (Wildman–Crippen MR) is 73.4 cm³/mol. The molecule has 1 N–H and O–H groups in total. The number of fused-ring (bicyclic) bond motifs is 1. The summed E-state index contributed by atoms with van der Waals surface area (Å²) in [5.41, 5.74) is 2.16. The van der Waals surface area contributed by atoms with Crippen LogP contribution in [0.15, 0.2) is 18.5 Å². The Labute approximate surface area is 111 Å². The molecule has 0 bridgehead atoms. The van der Waals surface area contributed by atoms with Crippen LogP contribution in [0.5, 0.6) is 0 Å². The normalized spacial score (nSPS) is 17.3. The fourth-order valence-electron chi connectivity index (χ4n) is 2.01. The number of rotatable bonds is 4. The molecule has 2 aromatic heterocycles. The van der Waals surface area contributed by atoms with Crippen molar-refractivity contribution in [2.75, 3.05) is 11.2 Å². The van der Waals surface area contributed by atoms with Crippen LogP contribution in [0.1, 0.15) is 38.3 Å². The first-order valence-electron chi connectivity index (χ1n) is 6.32. The molecule has 0 aliphatic heterocycles. The fraction of sp³-hybridized carbons (Fsp3) is 0.538. The third-order valence-corrected chi connectivity index (χ3v) is 4.00. The average molecular weight is 265 g/mol. The van der Waals surface area contributed by atoms with Crippen molar-refractivity contribution in [2.45, 2.75) is 38.1 Å².